The average Bonchev–Trinajstić information content (AvgIpc) is 3.25. The number of nitrogens with one attached hydrogen (secondary N) is 1. The number of hydrogen-bond acceptors (Lipinski definition) is 2. The lowest BCUT2D eigenvalue weighted by atomic mass is 9.82. The number of alkyl halides is 3. The number of aryl methyl sites for hydroxylation is 1. The molecule has 1 unspecified atom stereocenters. The van der Waals surface area contributed by atoms with Crippen molar-refractivity contribution in [3.05, 3.63) is 130 Å². The maximum Gasteiger partial charge on any atom is 0.416 e. The quantitative estimate of drug-likeness (QED) is 0.323. The van der Waals surface area contributed by atoms with Gasteiger partial charge in [-0.2, -0.15) is 13.2 Å². The van der Waals surface area contributed by atoms with Gasteiger partial charge in [0, 0.05) is 18.3 Å². The van der Waals surface area contributed by atoms with Crippen LogP contribution in [0.25, 0.3) is 23.3 Å². The Balaban J connectivity index is 0.000000366. The number of halogens is 4. The van der Waals surface area contributed by atoms with E-state index >= 15 is 0 Å². The van der Waals surface area contributed by atoms with Crippen molar-refractivity contribution >= 4 is 17.9 Å². The predicted octanol–water partition coefficient (Wildman–Crippen LogP) is 6.25. The first kappa shape index (κ1) is 25.5. The minimum atomic E-state index is -4.65. The van der Waals surface area contributed by atoms with E-state index in [-0.39, 0.29) is 5.56 Å². The van der Waals surface area contributed by atoms with E-state index in [0.29, 0.717) is 18.9 Å². The number of ketones is 1. The van der Waals surface area contributed by atoms with Gasteiger partial charge < -0.3 is 5.32 Å². The van der Waals surface area contributed by atoms with Crippen LogP contribution in [0.3, 0.4) is 0 Å². The van der Waals surface area contributed by atoms with Crippen molar-refractivity contribution in [1.29, 1.82) is 0 Å². The molecule has 3 aromatic rings. The van der Waals surface area contributed by atoms with Gasteiger partial charge in [0.2, 0.25) is 0 Å². The number of rotatable bonds is 2. The van der Waals surface area contributed by atoms with Crippen molar-refractivity contribution in [2.75, 3.05) is 0 Å². The van der Waals surface area contributed by atoms with Crippen LogP contribution in [0, 0.1) is 11.7 Å². The summed E-state index contributed by atoms with van der Waals surface area (Å²) in [5, 5.41) is 4.97. The van der Waals surface area contributed by atoms with Gasteiger partial charge in [0.15, 0.2) is 5.78 Å². The molecule has 0 bridgehead atoms. The molecular weight excluding hydrogens is 490 g/mol. The van der Waals surface area contributed by atoms with Gasteiger partial charge in [0.05, 0.1) is 11.1 Å². The molecule has 0 fully saturated rings. The Labute approximate surface area is 218 Å². The molecule has 1 heterocycles. The van der Waals surface area contributed by atoms with Gasteiger partial charge in [0.1, 0.15) is 5.82 Å². The molecular formula is C32H25F4NO. The van der Waals surface area contributed by atoms with Crippen molar-refractivity contribution < 1.29 is 22.4 Å². The van der Waals surface area contributed by atoms with Gasteiger partial charge in [-0.1, -0.05) is 60.7 Å². The number of benzene rings is 3. The van der Waals surface area contributed by atoms with Crippen LogP contribution < -0.4 is 15.8 Å². The van der Waals surface area contributed by atoms with Crippen LogP contribution in [0.1, 0.15) is 33.5 Å². The number of allylic oxidation sites excluding steroid dienone is 4. The summed E-state index contributed by atoms with van der Waals surface area (Å²) in [5.41, 5.74) is 3.25. The number of carbonyl (C=O) groups is 1. The lowest BCUT2D eigenvalue weighted by Crippen LogP contribution is -2.37. The second-order valence-electron chi connectivity index (χ2n) is 9.30. The highest BCUT2D eigenvalue weighted by molar-refractivity contribution is 6.01. The first-order chi connectivity index (χ1) is 18.3. The van der Waals surface area contributed by atoms with E-state index in [0.717, 1.165) is 40.1 Å². The summed E-state index contributed by atoms with van der Waals surface area (Å²) in [6, 6.07) is 14.5. The zero-order valence-corrected chi connectivity index (χ0v) is 20.4. The van der Waals surface area contributed by atoms with Crippen LogP contribution in [0.5, 0.6) is 0 Å². The third-order valence-electron chi connectivity index (χ3n) is 6.92. The van der Waals surface area contributed by atoms with Gasteiger partial charge in [-0.05, 0) is 82.3 Å². The smallest absolute Gasteiger partial charge is 0.368 e. The number of fused-ring (bicyclic) bond motifs is 5. The summed E-state index contributed by atoms with van der Waals surface area (Å²) >= 11 is 0. The molecule has 0 radical (unpaired) electrons. The Bertz CT molecular complexity index is 1580. The summed E-state index contributed by atoms with van der Waals surface area (Å²) < 4.78 is 52.9. The summed E-state index contributed by atoms with van der Waals surface area (Å²) in [5.74, 6) is -2.18. The van der Waals surface area contributed by atoms with Gasteiger partial charge in [-0.25, -0.2) is 4.39 Å². The molecule has 1 N–H and O–H groups in total. The van der Waals surface area contributed by atoms with Crippen LogP contribution in [0.15, 0.2) is 91.3 Å². The van der Waals surface area contributed by atoms with E-state index < -0.39 is 29.3 Å². The van der Waals surface area contributed by atoms with Crippen LogP contribution >= 0.6 is 0 Å². The van der Waals surface area contributed by atoms with Crippen molar-refractivity contribution in [3.63, 3.8) is 0 Å². The summed E-state index contributed by atoms with van der Waals surface area (Å²) in [7, 11) is 0. The Morgan fingerprint density at radius 1 is 0.842 bits per heavy atom. The molecule has 0 aromatic heterocycles. The first-order valence-corrected chi connectivity index (χ1v) is 12.4. The van der Waals surface area contributed by atoms with Crippen LogP contribution in [-0.4, -0.2) is 5.78 Å². The fourth-order valence-corrected chi connectivity index (χ4v) is 5.02. The molecule has 6 rings (SSSR count). The maximum absolute atomic E-state index is 14.4. The zero-order valence-electron chi connectivity index (χ0n) is 20.4. The molecule has 2 nitrogen and oxygen atoms in total. The third-order valence-corrected chi connectivity index (χ3v) is 6.92. The molecule has 0 saturated carbocycles. The van der Waals surface area contributed by atoms with Crippen molar-refractivity contribution in [1.82, 2.24) is 5.32 Å². The molecule has 0 saturated heterocycles. The Morgan fingerprint density at radius 3 is 2.34 bits per heavy atom. The van der Waals surface area contributed by atoms with Gasteiger partial charge in [0.25, 0.3) is 0 Å². The predicted molar refractivity (Wildman–Crippen MR) is 142 cm³/mol. The molecule has 192 valence electrons. The molecule has 0 spiro atoms. The molecule has 6 heteroatoms. The molecule has 1 aliphatic heterocycles. The van der Waals surface area contributed by atoms with E-state index in [2.05, 4.69) is 35.7 Å². The maximum atomic E-state index is 14.4. The third kappa shape index (κ3) is 5.25. The summed E-state index contributed by atoms with van der Waals surface area (Å²) in [6.45, 7) is 0. The van der Waals surface area contributed by atoms with Crippen LogP contribution in [0.4, 0.5) is 17.6 Å². The molecule has 1 atom stereocenters. The second-order valence-corrected chi connectivity index (χ2v) is 9.30. The number of hydrogen-bond donors (Lipinski definition) is 1. The van der Waals surface area contributed by atoms with E-state index in [9.17, 15) is 22.4 Å². The van der Waals surface area contributed by atoms with Gasteiger partial charge >= 0.3 is 6.18 Å². The summed E-state index contributed by atoms with van der Waals surface area (Å²) in [4.78, 5) is 13.0. The molecule has 38 heavy (non-hydrogen) atoms. The minimum absolute atomic E-state index is 0.295. The topological polar surface area (TPSA) is 29.1 Å². The summed E-state index contributed by atoms with van der Waals surface area (Å²) in [6.07, 6.45) is 12.9. The molecule has 0 amide bonds. The van der Waals surface area contributed by atoms with Crippen LogP contribution in [0.2, 0.25) is 0 Å². The zero-order chi connectivity index (χ0) is 26.7. The largest absolute Gasteiger partial charge is 0.416 e. The molecule has 2 aliphatic carbocycles. The van der Waals surface area contributed by atoms with Gasteiger partial charge in [-0.3, -0.25) is 4.79 Å². The van der Waals surface area contributed by atoms with Crippen molar-refractivity contribution in [2.45, 2.75) is 25.4 Å². The lowest BCUT2D eigenvalue weighted by Gasteiger charge is -2.21. The SMILES string of the molecule is C1=CC=CNC=C1.O=C(c1ccc(C(F)(F)F)cc1F)C1C=c2c(ccc3c2=CCc2ccccc2-3)CC1. The van der Waals surface area contributed by atoms with Gasteiger partial charge in [-0.15, -0.1) is 0 Å². The minimum Gasteiger partial charge on any atom is -0.368 e. The monoisotopic (exact) mass is 515 g/mol. The van der Waals surface area contributed by atoms with E-state index in [1.165, 1.54) is 11.1 Å². The highest BCUT2D eigenvalue weighted by atomic mass is 19.4. The van der Waals surface area contributed by atoms with Crippen LogP contribution in [-0.2, 0) is 19.0 Å². The highest BCUT2D eigenvalue weighted by Crippen LogP contribution is 2.31. The second kappa shape index (κ2) is 10.7. The van der Waals surface area contributed by atoms with E-state index in [4.69, 9.17) is 0 Å². The average molecular weight is 516 g/mol. The standard InChI is InChI=1S/C26H18F4O.C6H7N/c27-24-14-18(26(28,29)30)9-12-22(24)25(31)17-6-5-16-8-10-20-19-4-2-1-3-15(19)7-11-21(20)23(16)13-17;1-2-4-6-7-5-3-1/h1-4,8-14,17H,5-7H2;1-7H. The van der Waals surface area contributed by atoms with Crippen molar-refractivity contribution in [3.8, 4) is 11.1 Å². The van der Waals surface area contributed by atoms with E-state index in [1.54, 1.807) is 0 Å². The normalized spacial score (nSPS) is 16.8. The number of carbonyl (C=O) groups excluding carboxylic acids is 1. The van der Waals surface area contributed by atoms with E-state index in [1.807, 2.05) is 54.9 Å². The fraction of sp³-hybridized carbons (Fsp3) is 0.156. The Morgan fingerprint density at radius 2 is 1.61 bits per heavy atom. The Kier molecular flexibility index (Phi) is 7.14. The van der Waals surface area contributed by atoms with Crippen molar-refractivity contribution in [2.24, 2.45) is 5.92 Å². The number of Topliss-reactive ketones (excluding diaryl/α,β-unsaturated/α-hetero) is 1. The molecule has 3 aliphatic rings. The Hall–Kier alpha value is -4.19. The fourth-order valence-electron chi connectivity index (χ4n) is 5.02. The lowest BCUT2D eigenvalue weighted by molar-refractivity contribution is -0.137. The first-order valence-electron chi connectivity index (χ1n) is 12.4. The highest BCUT2D eigenvalue weighted by Gasteiger charge is 2.32. The molecule has 3 aromatic carbocycles.